The molecule has 1 N–H and O–H groups in total. The first-order valence-electron chi connectivity index (χ1n) is 6.87. The van der Waals surface area contributed by atoms with E-state index in [1.54, 1.807) is 18.9 Å². The van der Waals surface area contributed by atoms with Gasteiger partial charge in [-0.1, -0.05) is 6.07 Å². The lowest BCUT2D eigenvalue weighted by Crippen LogP contribution is -2.29. The van der Waals surface area contributed by atoms with E-state index >= 15 is 0 Å². The number of ether oxygens (including phenoxy) is 2. The molecule has 1 unspecified atom stereocenters. The lowest BCUT2D eigenvalue weighted by atomic mass is 10.1. The summed E-state index contributed by atoms with van der Waals surface area (Å²) in [4.78, 5) is 13.6. The second-order valence-electron chi connectivity index (χ2n) is 5.14. The maximum absolute atomic E-state index is 12.0. The molecule has 5 nitrogen and oxygen atoms in total. The van der Waals surface area contributed by atoms with Crippen molar-refractivity contribution in [1.82, 2.24) is 4.90 Å². The maximum Gasteiger partial charge on any atom is 0.231 e. The van der Waals surface area contributed by atoms with E-state index in [0.717, 1.165) is 17.1 Å². The number of aryl methyl sites for hydroxylation is 1. The molecule has 0 bridgehead atoms. The van der Waals surface area contributed by atoms with Crippen molar-refractivity contribution in [3.8, 4) is 11.5 Å². The van der Waals surface area contributed by atoms with Gasteiger partial charge in [0.1, 0.15) is 0 Å². The number of carbonyl (C=O) groups is 1. The average molecular weight is 279 g/mol. The molecular formula is C15H21NO4. The zero-order chi connectivity index (χ0) is 14.5. The van der Waals surface area contributed by atoms with Crippen molar-refractivity contribution < 1.29 is 19.4 Å². The Hall–Kier alpha value is -1.75. The number of hydrogen-bond acceptors (Lipinski definition) is 4. The Balaban J connectivity index is 1.81. The number of nitrogens with zero attached hydrogens (tertiary/aromatic N) is 1. The van der Waals surface area contributed by atoms with E-state index in [9.17, 15) is 9.90 Å². The van der Waals surface area contributed by atoms with Gasteiger partial charge in [0.15, 0.2) is 11.5 Å². The number of benzene rings is 1. The lowest BCUT2D eigenvalue weighted by Gasteiger charge is -2.18. The maximum atomic E-state index is 12.0. The molecule has 1 aliphatic heterocycles. The second kappa shape index (κ2) is 6.61. The predicted molar refractivity (Wildman–Crippen MR) is 74.8 cm³/mol. The third-order valence-corrected chi connectivity index (χ3v) is 3.37. The van der Waals surface area contributed by atoms with Crippen molar-refractivity contribution in [3.05, 3.63) is 23.8 Å². The van der Waals surface area contributed by atoms with Crippen LogP contribution in [0.1, 0.15) is 25.3 Å². The largest absolute Gasteiger partial charge is 0.454 e. The molecule has 1 aromatic rings. The molecule has 0 aromatic heterocycles. The van der Waals surface area contributed by atoms with E-state index in [1.807, 2.05) is 18.2 Å². The van der Waals surface area contributed by atoms with E-state index in [2.05, 4.69) is 0 Å². The van der Waals surface area contributed by atoms with Crippen LogP contribution in [0.3, 0.4) is 0 Å². The van der Waals surface area contributed by atoms with E-state index in [0.29, 0.717) is 25.8 Å². The van der Waals surface area contributed by atoms with E-state index in [1.165, 1.54) is 0 Å². The molecule has 0 radical (unpaired) electrons. The number of fused-ring (bicyclic) bond motifs is 1. The van der Waals surface area contributed by atoms with Crippen LogP contribution in [0.5, 0.6) is 11.5 Å². The standard InChI is InChI=1S/C15H21NO4/c1-11(17)7-8-16(2)15(18)6-4-12-3-5-13-14(9-12)20-10-19-13/h3,5,9,11,17H,4,6-8,10H2,1-2H3. The predicted octanol–water partition coefficient (Wildman–Crippen LogP) is 1.58. The Morgan fingerprint density at radius 2 is 2.15 bits per heavy atom. The summed E-state index contributed by atoms with van der Waals surface area (Å²) in [5.74, 6) is 1.59. The van der Waals surface area contributed by atoms with Crippen molar-refractivity contribution in [1.29, 1.82) is 0 Å². The highest BCUT2D eigenvalue weighted by molar-refractivity contribution is 5.76. The molecule has 1 amide bonds. The highest BCUT2D eigenvalue weighted by Gasteiger charge is 2.14. The van der Waals surface area contributed by atoms with Gasteiger partial charge < -0.3 is 19.5 Å². The third kappa shape index (κ3) is 3.87. The van der Waals surface area contributed by atoms with Gasteiger partial charge in [-0.15, -0.1) is 0 Å². The van der Waals surface area contributed by atoms with Crippen LogP contribution in [0.15, 0.2) is 18.2 Å². The Bertz CT molecular complexity index is 473. The minimum atomic E-state index is -0.376. The Morgan fingerprint density at radius 3 is 2.90 bits per heavy atom. The smallest absolute Gasteiger partial charge is 0.231 e. The van der Waals surface area contributed by atoms with Crippen LogP contribution in [0.4, 0.5) is 0 Å². The fourth-order valence-electron chi connectivity index (χ4n) is 2.04. The molecular weight excluding hydrogens is 258 g/mol. The SMILES string of the molecule is CC(O)CCN(C)C(=O)CCc1ccc2c(c1)OCO2. The fraction of sp³-hybridized carbons (Fsp3) is 0.533. The topological polar surface area (TPSA) is 59.0 Å². The highest BCUT2D eigenvalue weighted by Crippen LogP contribution is 2.32. The van der Waals surface area contributed by atoms with Gasteiger partial charge >= 0.3 is 0 Å². The third-order valence-electron chi connectivity index (χ3n) is 3.37. The normalized spacial score (nSPS) is 14.2. The number of amides is 1. The summed E-state index contributed by atoms with van der Waals surface area (Å²) in [6, 6.07) is 5.75. The summed E-state index contributed by atoms with van der Waals surface area (Å²) >= 11 is 0. The van der Waals surface area contributed by atoms with E-state index in [4.69, 9.17) is 9.47 Å². The van der Waals surface area contributed by atoms with Gasteiger partial charge in [0.25, 0.3) is 0 Å². The zero-order valence-corrected chi connectivity index (χ0v) is 12.0. The minimum Gasteiger partial charge on any atom is -0.454 e. The van der Waals surface area contributed by atoms with Crippen LogP contribution in [0.25, 0.3) is 0 Å². The fourth-order valence-corrected chi connectivity index (χ4v) is 2.04. The molecule has 0 saturated carbocycles. The van der Waals surface area contributed by atoms with Gasteiger partial charge in [0.2, 0.25) is 12.7 Å². The van der Waals surface area contributed by atoms with E-state index in [-0.39, 0.29) is 18.8 Å². The molecule has 0 saturated heterocycles. The summed E-state index contributed by atoms with van der Waals surface area (Å²) in [5.41, 5.74) is 1.06. The monoisotopic (exact) mass is 279 g/mol. The van der Waals surface area contributed by atoms with Crippen molar-refractivity contribution in [3.63, 3.8) is 0 Å². The quantitative estimate of drug-likeness (QED) is 0.859. The Morgan fingerprint density at radius 1 is 1.40 bits per heavy atom. The Labute approximate surface area is 119 Å². The molecule has 1 heterocycles. The summed E-state index contributed by atoms with van der Waals surface area (Å²) < 4.78 is 10.6. The zero-order valence-electron chi connectivity index (χ0n) is 12.0. The molecule has 2 rings (SSSR count). The number of rotatable bonds is 6. The molecule has 1 atom stereocenters. The van der Waals surface area contributed by atoms with Gasteiger partial charge in [0.05, 0.1) is 6.10 Å². The van der Waals surface area contributed by atoms with Crippen molar-refractivity contribution in [2.75, 3.05) is 20.4 Å². The first-order valence-corrected chi connectivity index (χ1v) is 6.87. The molecule has 0 aliphatic carbocycles. The molecule has 1 aromatic carbocycles. The lowest BCUT2D eigenvalue weighted by molar-refractivity contribution is -0.130. The van der Waals surface area contributed by atoms with E-state index < -0.39 is 0 Å². The minimum absolute atomic E-state index is 0.0864. The van der Waals surface area contributed by atoms with Crippen LogP contribution in [-0.2, 0) is 11.2 Å². The number of hydrogen-bond donors (Lipinski definition) is 1. The van der Waals surface area contributed by atoms with Crippen LogP contribution < -0.4 is 9.47 Å². The molecule has 20 heavy (non-hydrogen) atoms. The average Bonchev–Trinajstić information content (AvgIpc) is 2.89. The number of aliphatic hydroxyl groups excluding tert-OH is 1. The van der Waals surface area contributed by atoms with Gasteiger partial charge in [-0.3, -0.25) is 4.79 Å². The van der Waals surface area contributed by atoms with Gasteiger partial charge in [-0.2, -0.15) is 0 Å². The first kappa shape index (κ1) is 14.7. The van der Waals surface area contributed by atoms with Crippen molar-refractivity contribution in [2.45, 2.75) is 32.3 Å². The van der Waals surface area contributed by atoms with Crippen LogP contribution in [0, 0.1) is 0 Å². The van der Waals surface area contributed by atoms with Crippen LogP contribution in [-0.4, -0.2) is 42.4 Å². The Kier molecular flexibility index (Phi) is 4.84. The highest BCUT2D eigenvalue weighted by atomic mass is 16.7. The summed E-state index contributed by atoms with van der Waals surface area (Å²) in [5, 5.41) is 9.22. The van der Waals surface area contributed by atoms with Gasteiger partial charge in [-0.05, 0) is 37.5 Å². The van der Waals surface area contributed by atoms with Gasteiger partial charge in [0, 0.05) is 20.0 Å². The summed E-state index contributed by atoms with van der Waals surface area (Å²) in [7, 11) is 1.77. The summed E-state index contributed by atoms with van der Waals surface area (Å²) in [6.07, 6.45) is 1.36. The first-order chi connectivity index (χ1) is 9.56. The number of carbonyl (C=O) groups excluding carboxylic acids is 1. The van der Waals surface area contributed by atoms with Crippen LogP contribution >= 0.6 is 0 Å². The van der Waals surface area contributed by atoms with Crippen molar-refractivity contribution in [2.24, 2.45) is 0 Å². The summed E-state index contributed by atoms with van der Waals surface area (Å²) in [6.45, 7) is 2.57. The molecule has 5 heteroatoms. The molecule has 0 fully saturated rings. The van der Waals surface area contributed by atoms with Gasteiger partial charge in [-0.25, -0.2) is 0 Å². The molecule has 110 valence electrons. The van der Waals surface area contributed by atoms with Crippen LogP contribution in [0.2, 0.25) is 0 Å². The second-order valence-corrected chi connectivity index (χ2v) is 5.14. The number of aliphatic hydroxyl groups is 1. The molecule has 0 spiro atoms. The molecule has 1 aliphatic rings. The van der Waals surface area contributed by atoms with Crippen molar-refractivity contribution >= 4 is 5.91 Å².